The van der Waals surface area contributed by atoms with Crippen molar-refractivity contribution in [1.82, 2.24) is 4.90 Å². The molecule has 0 N–H and O–H groups in total. The lowest BCUT2D eigenvalue weighted by Gasteiger charge is -2.31. The average Bonchev–Trinajstić information content (AvgIpc) is 3.20. The van der Waals surface area contributed by atoms with Gasteiger partial charge in [0.2, 0.25) is 5.91 Å². The van der Waals surface area contributed by atoms with Crippen LogP contribution in [0.15, 0.2) is 103 Å². The number of allylic oxidation sites excluding steroid dienone is 1. The van der Waals surface area contributed by atoms with Gasteiger partial charge in [0.25, 0.3) is 0 Å². The third-order valence-corrected chi connectivity index (χ3v) is 8.02. The van der Waals surface area contributed by atoms with E-state index in [0.29, 0.717) is 12.5 Å². The third-order valence-electron chi connectivity index (χ3n) is 8.02. The molecule has 0 radical (unpaired) electrons. The largest absolute Gasteiger partial charge is 0.497 e. The second-order valence-corrected chi connectivity index (χ2v) is 10.1. The van der Waals surface area contributed by atoms with Crippen LogP contribution in [0.4, 0.5) is 0 Å². The summed E-state index contributed by atoms with van der Waals surface area (Å²) < 4.78 is 5.44. The molecule has 0 saturated carbocycles. The number of hydrogen-bond donors (Lipinski definition) is 0. The minimum absolute atomic E-state index is 0.0129. The van der Waals surface area contributed by atoms with Crippen LogP contribution in [0.5, 0.6) is 5.75 Å². The molecule has 1 aliphatic heterocycles. The Morgan fingerprint density at radius 3 is 2.42 bits per heavy atom. The van der Waals surface area contributed by atoms with Gasteiger partial charge in [-0.1, -0.05) is 97.9 Å². The highest BCUT2D eigenvalue weighted by Gasteiger charge is 2.50. The number of ether oxygens (including phenoxy) is 1. The summed E-state index contributed by atoms with van der Waals surface area (Å²) >= 11 is 0. The molecule has 1 fully saturated rings. The smallest absolute Gasteiger partial charge is 0.227 e. The van der Waals surface area contributed by atoms with Crippen molar-refractivity contribution in [3.8, 4) is 16.9 Å². The van der Waals surface area contributed by atoms with Crippen molar-refractivity contribution in [2.45, 2.75) is 25.9 Å². The fourth-order valence-corrected chi connectivity index (χ4v) is 6.29. The molecule has 0 bridgehead atoms. The molecule has 3 heteroatoms. The Morgan fingerprint density at radius 2 is 1.64 bits per heavy atom. The van der Waals surface area contributed by atoms with Gasteiger partial charge in [0.15, 0.2) is 0 Å². The number of benzene rings is 4. The standard InChI is InChI=1S/C33H31NO2/c1-22-9-8-14-28-30(22)33(35)34(21-23-10-4-3-5-11-23)32(28)29-20-17-24-12-6-7-13-27(24)31(29)25-15-18-26(36-2)19-16-25/h3-8,10-20,22,28,30,32H,9,21H2,1-2H3/t22-,28+,30+,32-/m1/s1. The fraction of sp³-hybridized carbons (Fsp3) is 0.242. The molecule has 4 aromatic rings. The van der Waals surface area contributed by atoms with E-state index < -0.39 is 0 Å². The zero-order valence-corrected chi connectivity index (χ0v) is 20.8. The fourth-order valence-electron chi connectivity index (χ4n) is 6.29. The third kappa shape index (κ3) is 3.80. The number of hydrogen-bond acceptors (Lipinski definition) is 2. The van der Waals surface area contributed by atoms with Gasteiger partial charge in [-0.15, -0.1) is 0 Å². The number of methoxy groups -OCH3 is 1. The van der Waals surface area contributed by atoms with E-state index in [1.807, 2.05) is 18.2 Å². The number of fused-ring (bicyclic) bond motifs is 2. The summed E-state index contributed by atoms with van der Waals surface area (Å²) in [6.07, 6.45) is 5.55. The van der Waals surface area contributed by atoms with Crippen LogP contribution in [-0.4, -0.2) is 17.9 Å². The van der Waals surface area contributed by atoms with Crippen molar-refractivity contribution in [3.63, 3.8) is 0 Å². The first-order chi connectivity index (χ1) is 17.7. The predicted octanol–water partition coefficient (Wildman–Crippen LogP) is 7.43. The van der Waals surface area contributed by atoms with Gasteiger partial charge in [-0.3, -0.25) is 4.79 Å². The first-order valence-corrected chi connectivity index (χ1v) is 12.8. The number of likely N-dealkylation sites (tertiary alicyclic amines) is 1. The highest BCUT2D eigenvalue weighted by atomic mass is 16.5. The Labute approximate surface area is 213 Å². The van der Waals surface area contributed by atoms with E-state index >= 15 is 0 Å². The molecule has 1 heterocycles. The van der Waals surface area contributed by atoms with Gasteiger partial charge in [-0.05, 0) is 57.5 Å². The van der Waals surface area contributed by atoms with E-state index in [1.54, 1.807) is 7.11 Å². The Hall–Kier alpha value is -3.85. The molecule has 4 atom stereocenters. The van der Waals surface area contributed by atoms with Crippen molar-refractivity contribution < 1.29 is 9.53 Å². The van der Waals surface area contributed by atoms with Crippen LogP contribution in [0, 0.1) is 17.8 Å². The van der Waals surface area contributed by atoms with E-state index in [4.69, 9.17) is 4.74 Å². The van der Waals surface area contributed by atoms with E-state index in [2.05, 4.69) is 96.8 Å². The molecule has 2 aliphatic rings. The van der Waals surface area contributed by atoms with Crippen LogP contribution in [0.1, 0.15) is 30.5 Å². The molecular weight excluding hydrogens is 442 g/mol. The lowest BCUT2D eigenvalue weighted by Crippen LogP contribution is -2.30. The molecule has 180 valence electrons. The highest BCUT2D eigenvalue weighted by Crippen LogP contribution is 2.51. The lowest BCUT2D eigenvalue weighted by molar-refractivity contribution is -0.134. The quantitative estimate of drug-likeness (QED) is 0.282. The minimum Gasteiger partial charge on any atom is -0.497 e. The first kappa shape index (κ1) is 22.6. The van der Waals surface area contributed by atoms with Crippen molar-refractivity contribution in [3.05, 3.63) is 114 Å². The molecule has 6 rings (SSSR count). The molecule has 1 amide bonds. The van der Waals surface area contributed by atoms with Crippen LogP contribution >= 0.6 is 0 Å². The molecule has 3 nitrogen and oxygen atoms in total. The van der Waals surface area contributed by atoms with Crippen LogP contribution < -0.4 is 4.74 Å². The monoisotopic (exact) mass is 473 g/mol. The molecule has 36 heavy (non-hydrogen) atoms. The number of carbonyl (C=O) groups excluding carboxylic acids is 1. The molecule has 1 saturated heterocycles. The Bertz CT molecular complexity index is 1420. The van der Waals surface area contributed by atoms with Gasteiger partial charge in [0.05, 0.1) is 13.2 Å². The van der Waals surface area contributed by atoms with Crippen LogP contribution in [0.3, 0.4) is 0 Å². The van der Waals surface area contributed by atoms with Crippen LogP contribution in [0.25, 0.3) is 21.9 Å². The normalized spacial score (nSPS) is 23.2. The maximum atomic E-state index is 14.0. The lowest BCUT2D eigenvalue weighted by atomic mass is 9.74. The summed E-state index contributed by atoms with van der Waals surface area (Å²) in [4.78, 5) is 16.2. The average molecular weight is 474 g/mol. The summed E-state index contributed by atoms with van der Waals surface area (Å²) in [6, 6.07) is 31.7. The molecule has 0 aromatic heterocycles. The van der Waals surface area contributed by atoms with E-state index in [-0.39, 0.29) is 23.8 Å². The van der Waals surface area contributed by atoms with Crippen LogP contribution in [-0.2, 0) is 11.3 Å². The zero-order valence-electron chi connectivity index (χ0n) is 20.8. The maximum absolute atomic E-state index is 14.0. The second kappa shape index (κ2) is 9.31. The van der Waals surface area contributed by atoms with Gasteiger partial charge in [-0.25, -0.2) is 0 Å². The highest BCUT2D eigenvalue weighted by molar-refractivity contribution is 5.99. The Kier molecular flexibility index (Phi) is 5.85. The predicted molar refractivity (Wildman–Crippen MR) is 146 cm³/mol. The summed E-state index contributed by atoms with van der Waals surface area (Å²) in [5.41, 5.74) is 4.73. The van der Waals surface area contributed by atoms with Gasteiger partial charge in [-0.2, -0.15) is 0 Å². The molecule has 0 unspecified atom stereocenters. The molecule has 0 spiro atoms. The summed E-state index contributed by atoms with van der Waals surface area (Å²) in [7, 11) is 1.70. The van der Waals surface area contributed by atoms with E-state index in [1.165, 1.54) is 21.9 Å². The number of nitrogens with zero attached hydrogens (tertiary/aromatic N) is 1. The number of amides is 1. The summed E-state index contributed by atoms with van der Waals surface area (Å²) in [6.45, 7) is 2.85. The van der Waals surface area contributed by atoms with Gasteiger partial charge >= 0.3 is 0 Å². The van der Waals surface area contributed by atoms with Crippen molar-refractivity contribution in [2.75, 3.05) is 7.11 Å². The van der Waals surface area contributed by atoms with Crippen molar-refractivity contribution in [1.29, 1.82) is 0 Å². The van der Waals surface area contributed by atoms with Gasteiger partial charge in [0, 0.05) is 18.4 Å². The van der Waals surface area contributed by atoms with Gasteiger partial charge in [0.1, 0.15) is 5.75 Å². The molecule has 4 aromatic carbocycles. The van der Waals surface area contributed by atoms with Crippen molar-refractivity contribution >= 4 is 16.7 Å². The maximum Gasteiger partial charge on any atom is 0.227 e. The Balaban J connectivity index is 1.56. The number of rotatable bonds is 5. The Morgan fingerprint density at radius 1 is 0.889 bits per heavy atom. The van der Waals surface area contributed by atoms with E-state index in [9.17, 15) is 4.79 Å². The molecule has 1 aliphatic carbocycles. The number of carbonyl (C=O) groups is 1. The van der Waals surface area contributed by atoms with Gasteiger partial charge < -0.3 is 9.64 Å². The summed E-state index contributed by atoms with van der Waals surface area (Å²) in [5, 5.41) is 2.42. The second-order valence-electron chi connectivity index (χ2n) is 10.1. The van der Waals surface area contributed by atoms with Crippen molar-refractivity contribution in [2.24, 2.45) is 17.8 Å². The zero-order chi connectivity index (χ0) is 24.6. The summed E-state index contributed by atoms with van der Waals surface area (Å²) in [5.74, 6) is 1.62. The van der Waals surface area contributed by atoms with E-state index in [0.717, 1.165) is 23.3 Å². The molecular formula is C33H31NO2. The first-order valence-electron chi connectivity index (χ1n) is 12.8. The SMILES string of the molecule is COc1ccc(-c2c([C@H]3[C@H]4C=CC[C@@H](C)[C@@H]4C(=O)N3Cc3ccccc3)ccc3ccccc23)cc1. The van der Waals surface area contributed by atoms with Crippen LogP contribution in [0.2, 0.25) is 0 Å². The minimum atomic E-state index is -0.0246. The topological polar surface area (TPSA) is 29.5 Å².